The predicted octanol–water partition coefficient (Wildman–Crippen LogP) is 1.99. The van der Waals surface area contributed by atoms with Crippen molar-refractivity contribution in [2.75, 3.05) is 5.75 Å². The first-order chi connectivity index (χ1) is 9.69. The lowest BCUT2D eigenvalue weighted by Crippen LogP contribution is -2.42. The molecule has 3 N–H and O–H groups in total. The number of rotatable bonds is 4. The third kappa shape index (κ3) is 2.49. The van der Waals surface area contributed by atoms with Gasteiger partial charge in [-0.2, -0.15) is 5.10 Å². The van der Waals surface area contributed by atoms with Crippen LogP contribution < -0.4 is 11.3 Å². The molecule has 1 aromatic heterocycles. The summed E-state index contributed by atoms with van der Waals surface area (Å²) in [5, 5.41) is 4.41. The van der Waals surface area contributed by atoms with Crippen molar-refractivity contribution in [3.05, 3.63) is 47.3 Å². The number of hydrogen-bond donors (Lipinski definition) is 2. The SMILES string of the molecule is Cc1cc(CC(NN)C2CSc3ccccc32)n(C)n1. The van der Waals surface area contributed by atoms with Crippen molar-refractivity contribution < 1.29 is 0 Å². The third-order valence-corrected chi connectivity index (χ3v) is 5.17. The van der Waals surface area contributed by atoms with Gasteiger partial charge in [0.2, 0.25) is 0 Å². The molecular formula is C15H20N4S. The number of aryl methyl sites for hydroxylation is 2. The number of benzene rings is 1. The van der Waals surface area contributed by atoms with Crippen molar-refractivity contribution in [3.8, 4) is 0 Å². The number of thioether (sulfide) groups is 1. The van der Waals surface area contributed by atoms with Crippen LogP contribution in [0, 0.1) is 6.92 Å². The third-order valence-electron chi connectivity index (χ3n) is 3.96. The molecule has 3 rings (SSSR count). The second-order valence-electron chi connectivity index (χ2n) is 5.33. The van der Waals surface area contributed by atoms with Gasteiger partial charge in [0.1, 0.15) is 0 Å². The number of hydrazine groups is 1. The highest BCUT2D eigenvalue weighted by molar-refractivity contribution is 7.99. The first-order valence-corrected chi connectivity index (χ1v) is 7.85. The molecule has 0 radical (unpaired) electrons. The molecule has 1 aromatic carbocycles. The topological polar surface area (TPSA) is 55.9 Å². The van der Waals surface area contributed by atoms with Crippen LogP contribution in [0.5, 0.6) is 0 Å². The van der Waals surface area contributed by atoms with Gasteiger partial charge in [-0.1, -0.05) is 18.2 Å². The minimum absolute atomic E-state index is 0.237. The summed E-state index contributed by atoms with van der Waals surface area (Å²) >= 11 is 1.92. The van der Waals surface area contributed by atoms with E-state index in [0.717, 1.165) is 17.9 Å². The number of hydrogen-bond acceptors (Lipinski definition) is 4. The van der Waals surface area contributed by atoms with Crippen molar-refractivity contribution in [1.29, 1.82) is 0 Å². The Kier molecular flexibility index (Phi) is 3.83. The van der Waals surface area contributed by atoms with Crippen molar-refractivity contribution in [1.82, 2.24) is 15.2 Å². The number of nitrogens with zero attached hydrogens (tertiary/aromatic N) is 2. The van der Waals surface area contributed by atoms with E-state index in [2.05, 4.69) is 40.9 Å². The summed E-state index contributed by atoms with van der Waals surface area (Å²) in [7, 11) is 1.99. The molecule has 0 aliphatic carbocycles. The Morgan fingerprint density at radius 2 is 2.30 bits per heavy atom. The molecule has 0 amide bonds. The normalized spacial score (nSPS) is 19.1. The van der Waals surface area contributed by atoms with Crippen molar-refractivity contribution >= 4 is 11.8 Å². The lowest BCUT2D eigenvalue weighted by atomic mass is 9.91. The molecule has 0 bridgehead atoms. The average Bonchev–Trinajstić information content (AvgIpc) is 3.00. The Morgan fingerprint density at radius 3 is 3.00 bits per heavy atom. The lowest BCUT2D eigenvalue weighted by Gasteiger charge is -2.23. The van der Waals surface area contributed by atoms with Gasteiger partial charge in [-0.3, -0.25) is 16.0 Å². The lowest BCUT2D eigenvalue weighted by molar-refractivity contribution is 0.451. The summed E-state index contributed by atoms with van der Waals surface area (Å²) in [5.41, 5.74) is 6.71. The Bertz CT molecular complexity index is 608. The zero-order valence-electron chi connectivity index (χ0n) is 11.8. The van der Waals surface area contributed by atoms with Crippen LogP contribution in [-0.2, 0) is 13.5 Å². The molecule has 0 saturated carbocycles. The Morgan fingerprint density at radius 1 is 1.50 bits per heavy atom. The van der Waals surface area contributed by atoms with Crippen LogP contribution >= 0.6 is 11.8 Å². The van der Waals surface area contributed by atoms with E-state index in [-0.39, 0.29) is 6.04 Å². The summed E-state index contributed by atoms with van der Waals surface area (Å²) in [6.07, 6.45) is 0.896. The molecule has 4 nitrogen and oxygen atoms in total. The van der Waals surface area contributed by atoms with E-state index < -0.39 is 0 Å². The summed E-state index contributed by atoms with van der Waals surface area (Å²) in [4.78, 5) is 1.39. The highest BCUT2D eigenvalue weighted by Crippen LogP contribution is 2.41. The molecule has 2 aromatic rings. The van der Waals surface area contributed by atoms with Crippen molar-refractivity contribution in [2.24, 2.45) is 12.9 Å². The fourth-order valence-corrected chi connectivity index (χ4v) is 4.25. The molecule has 106 valence electrons. The van der Waals surface area contributed by atoms with Gasteiger partial charge in [0.15, 0.2) is 0 Å². The van der Waals surface area contributed by atoms with Gasteiger partial charge in [-0.25, -0.2) is 0 Å². The number of nitrogens with two attached hydrogens (primary N) is 1. The second kappa shape index (κ2) is 5.60. The highest BCUT2D eigenvalue weighted by Gasteiger charge is 2.30. The number of nitrogens with one attached hydrogen (secondary N) is 1. The van der Waals surface area contributed by atoms with E-state index in [1.807, 2.05) is 30.4 Å². The van der Waals surface area contributed by atoms with Crippen LogP contribution in [0.3, 0.4) is 0 Å². The fraction of sp³-hybridized carbons (Fsp3) is 0.400. The molecule has 20 heavy (non-hydrogen) atoms. The van der Waals surface area contributed by atoms with Gasteiger partial charge in [0.05, 0.1) is 5.69 Å². The number of aromatic nitrogens is 2. The van der Waals surface area contributed by atoms with Gasteiger partial charge < -0.3 is 0 Å². The van der Waals surface area contributed by atoms with Gasteiger partial charge >= 0.3 is 0 Å². The summed E-state index contributed by atoms with van der Waals surface area (Å²) in [6.45, 7) is 2.02. The van der Waals surface area contributed by atoms with Gasteiger partial charge in [-0.15, -0.1) is 11.8 Å². The first-order valence-electron chi connectivity index (χ1n) is 6.86. The van der Waals surface area contributed by atoms with E-state index in [0.29, 0.717) is 5.92 Å². The fourth-order valence-electron chi connectivity index (χ4n) is 2.92. The van der Waals surface area contributed by atoms with E-state index in [1.165, 1.54) is 16.2 Å². The van der Waals surface area contributed by atoms with E-state index in [9.17, 15) is 0 Å². The molecule has 0 saturated heterocycles. The zero-order valence-corrected chi connectivity index (χ0v) is 12.7. The van der Waals surface area contributed by atoms with Crippen LogP contribution in [0.1, 0.15) is 22.9 Å². The maximum absolute atomic E-state index is 5.83. The molecule has 2 unspecified atom stereocenters. The minimum Gasteiger partial charge on any atom is -0.272 e. The molecule has 2 heterocycles. The van der Waals surface area contributed by atoms with E-state index in [4.69, 9.17) is 5.84 Å². The van der Waals surface area contributed by atoms with Crippen molar-refractivity contribution in [2.45, 2.75) is 30.2 Å². The first kappa shape index (κ1) is 13.7. The molecule has 0 spiro atoms. The zero-order chi connectivity index (χ0) is 14.1. The maximum atomic E-state index is 5.83. The standard InChI is InChI=1S/C15H20N4S/c1-10-7-11(19(2)18-10)8-14(17-16)13-9-20-15-6-4-3-5-12(13)15/h3-7,13-14,17H,8-9,16H2,1-2H3. The molecule has 2 atom stereocenters. The minimum atomic E-state index is 0.237. The van der Waals surface area contributed by atoms with Crippen LogP contribution in [0.15, 0.2) is 35.2 Å². The summed E-state index contributed by atoms with van der Waals surface area (Å²) < 4.78 is 1.95. The second-order valence-corrected chi connectivity index (χ2v) is 6.40. The van der Waals surface area contributed by atoms with Crippen LogP contribution in [0.25, 0.3) is 0 Å². The Balaban J connectivity index is 1.83. The van der Waals surface area contributed by atoms with Crippen LogP contribution in [0.2, 0.25) is 0 Å². The van der Waals surface area contributed by atoms with Crippen LogP contribution in [-0.4, -0.2) is 21.6 Å². The monoisotopic (exact) mass is 288 g/mol. The van der Waals surface area contributed by atoms with E-state index >= 15 is 0 Å². The van der Waals surface area contributed by atoms with Gasteiger partial charge in [-0.05, 0) is 24.6 Å². The van der Waals surface area contributed by atoms with Gasteiger partial charge in [0, 0.05) is 41.8 Å². The average molecular weight is 288 g/mol. The quantitative estimate of drug-likeness (QED) is 0.667. The molecule has 0 fully saturated rings. The molecular weight excluding hydrogens is 268 g/mol. The Labute approximate surface area is 123 Å². The predicted molar refractivity (Wildman–Crippen MR) is 82.7 cm³/mol. The molecule has 1 aliphatic heterocycles. The Hall–Kier alpha value is -1.30. The van der Waals surface area contributed by atoms with Crippen LogP contribution in [0.4, 0.5) is 0 Å². The van der Waals surface area contributed by atoms with Gasteiger partial charge in [0.25, 0.3) is 0 Å². The number of fused-ring (bicyclic) bond motifs is 1. The highest BCUT2D eigenvalue weighted by atomic mass is 32.2. The maximum Gasteiger partial charge on any atom is 0.0596 e. The smallest absolute Gasteiger partial charge is 0.0596 e. The summed E-state index contributed by atoms with van der Waals surface area (Å²) in [5.74, 6) is 7.37. The largest absolute Gasteiger partial charge is 0.272 e. The van der Waals surface area contributed by atoms with E-state index in [1.54, 1.807) is 0 Å². The van der Waals surface area contributed by atoms with Crippen molar-refractivity contribution in [3.63, 3.8) is 0 Å². The molecule has 5 heteroatoms. The molecule has 1 aliphatic rings. The summed E-state index contributed by atoms with van der Waals surface area (Å²) in [6, 6.07) is 11.0.